The molecule has 1 N–H and O–H groups in total. The van der Waals surface area contributed by atoms with Gasteiger partial charge in [0.25, 0.3) is 0 Å². The summed E-state index contributed by atoms with van der Waals surface area (Å²) in [4.78, 5) is 3.68. The van der Waals surface area contributed by atoms with Gasteiger partial charge in [0.05, 0.1) is 13.2 Å². The van der Waals surface area contributed by atoms with Crippen molar-refractivity contribution in [3.63, 3.8) is 0 Å². The standard InChI is InChI=1S/C8H10FNO2/c1-2-12-8-7(9)3-6(5-11)4-10-8/h3-4,11H,2,5H2,1H3. The third-order valence-corrected chi connectivity index (χ3v) is 1.33. The van der Waals surface area contributed by atoms with Gasteiger partial charge in [-0.15, -0.1) is 0 Å². The van der Waals surface area contributed by atoms with E-state index in [4.69, 9.17) is 9.84 Å². The van der Waals surface area contributed by atoms with Crippen LogP contribution in [0.3, 0.4) is 0 Å². The minimum absolute atomic E-state index is 0.0188. The third kappa shape index (κ3) is 1.92. The van der Waals surface area contributed by atoms with Gasteiger partial charge in [-0.3, -0.25) is 0 Å². The van der Waals surface area contributed by atoms with Crippen LogP contribution in [0.1, 0.15) is 12.5 Å². The Morgan fingerprint density at radius 1 is 1.67 bits per heavy atom. The molecule has 0 aliphatic rings. The molecule has 0 spiro atoms. The second kappa shape index (κ2) is 4.01. The van der Waals surface area contributed by atoms with Crippen LogP contribution in [0.4, 0.5) is 4.39 Å². The summed E-state index contributed by atoms with van der Waals surface area (Å²) in [7, 11) is 0. The van der Waals surface area contributed by atoms with Gasteiger partial charge in [-0.05, 0) is 18.6 Å². The lowest BCUT2D eigenvalue weighted by Crippen LogP contribution is -1.98. The topological polar surface area (TPSA) is 42.4 Å². The summed E-state index contributed by atoms with van der Waals surface area (Å²) in [5.41, 5.74) is 0.441. The van der Waals surface area contributed by atoms with Crippen molar-refractivity contribution in [1.29, 1.82) is 0 Å². The quantitative estimate of drug-likeness (QED) is 0.740. The normalized spacial score (nSPS) is 9.92. The van der Waals surface area contributed by atoms with Crippen LogP contribution in [0, 0.1) is 5.82 Å². The van der Waals surface area contributed by atoms with Crippen molar-refractivity contribution < 1.29 is 14.2 Å². The second-order valence-electron chi connectivity index (χ2n) is 2.22. The molecule has 0 radical (unpaired) electrons. The van der Waals surface area contributed by atoms with Crippen LogP contribution in [-0.2, 0) is 6.61 Å². The molecule has 12 heavy (non-hydrogen) atoms. The van der Waals surface area contributed by atoms with Gasteiger partial charge in [-0.1, -0.05) is 0 Å². The van der Waals surface area contributed by atoms with Crippen LogP contribution >= 0.6 is 0 Å². The lowest BCUT2D eigenvalue weighted by atomic mass is 10.3. The van der Waals surface area contributed by atoms with E-state index in [-0.39, 0.29) is 12.5 Å². The Kier molecular flexibility index (Phi) is 2.99. The van der Waals surface area contributed by atoms with Crippen molar-refractivity contribution >= 4 is 0 Å². The first kappa shape index (κ1) is 8.93. The third-order valence-electron chi connectivity index (χ3n) is 1.33. The van der Waals surface area contributed by atoms with Crippen LogP contribution in [0.2, 0.25) is 0 Å². The van der Waals surface area contributed by atoms with E-state index in [0.29, 0.717) is 12.2 Å². The summed E-state index contributed by atoms with van der Waals surface area (Å²) in [5.74, 6) is -0.557. The van der Waals surface area contributed by atoms with Crippen molar-refractivity contribution in [2.45, 2.75) is 13.5 Å². The fourth-order valence-electron chi connectivity index (χ4n) is 0.794. The smallest absolute Gasteiger partial charge is 0.250 e. The first-order valence-electron chi connectivity index (χ1n) is 3.66. The van der Waals surface area contributed by atoms with Crippen LogP contribution in [-0.4, -0.2) is 16.7 Å². The zero-order valence-electron chi connectivity index (χ0n) is 6.75. The number of aliphatic hydroxyl groups is 1. The predicted octanol–water partition coefficient (Wildman–Crippen LogP) is 1.11. The molecule has 0 aliphatic heterocycles. The Balaban J connectivity index is 2.87. The molecule has 0 unspecified atom stereocenters. The highest BCUT2D eigenvalue weighted by Gasteiger charge is 2.04. The van der Waals surface area contributed by atoms with Gasteiger partial charge in [-0.25, -0.2) is 9.37 Å². The number of hydrogen-bond donors (Lipinski definition) is 1. The van der Waals surface area contributed by atoms with Gasteiger partial charge in [0.1, 0.15) is 0 Å². The monoisotopic (exact) mass is 171 g/mol. The number of halogens is 1. The molecular weight excluding hydrogens is 161 g/mol. The molecule has 1 heterocycles. The maximum absolute atomic E-state index is 12.9. The van der Waals surface area contributed by atoms with E-state index in [1.807, 2.05) is 0 Å². The molecule has 66 valence electrons. The van der Waals surface area contributed by atoms with E-state index in [9.17, 15) is 4.39 Å². The van der Waals surface area contributed by atoms with Crippen LogP contribution < -0.4 is 4.74 Å². The number of rotatable bonds is 3. The summed E-state index contributed by atoms with van der Waals surface area (Å²) in [6.45, 7) is 1.92. The SMILES string of the molecule is CCOc1ncc(CO)cc1F. The Bertz CT molecular complexity index is 265. The Morgan fingerprint density at radius 3 is 2.92 bits per heavy atom. The molecule has 0 saturated heterocycles. The lowest BCUT2D eigenvalue weighted by molar-refractivity contribution is 0.277. The van der Waals surface area contributed by atoms with Crippen molar-refractivity contribution in [2.24, 2.45) is 0 Å². The zero-order valence-corrected chi connectivity index (χ0v) is 6.75. The van der Waals surface area contributed by atoms with Crippen LogP contribution in [0.5, 0.6) is 5.88 Å². The van der Waals surface area contributed by atoms with Crippen molar-refractivity contribution in [2.75, 3.05) is 6.61 Å². The van der Waals surface area contributed by atoms with Crippen LogP contribution in [0.15, 0.2) is 12.3 Å². The summed E-state index contributed by atoms with van der Waals surface area (Å²) in [5, 5.41) is 8.64. The number of pyridine rings is 1. The Hall–Kier alpha value is -1.16. The summed E-state index contributed by atoms with van der Waals surface area (Å²) in [6.07, 6.45) is 1.38. The van der Waals surface area contributed by atoms with E-state index >= 15 is 0 Å². The van der Waals surface area contributed by atoms with Gasteiger partial charge < -0.3 is 9.84 Å². The molecule has 3 nitrogen and oxygen atoms in total. The van der Waals surface area contributed by atoms with Crippen molar-refractivity contribution in [3.8, 4) is 5.88 Å². The number of aliphatic hydroxyl groups excluding tert-OH is 1. The zero-order chi connectivity index (χ0) is 8.97. The molecule has 0 aromatic carbocycles. The molecular formula is C8H10FNO2. The fraction of sp³-hybridized carbons (Fsp3) is 0.375. The molecule has 0 bridgehead atoms. The second-order valence-corrected chi connectivity index (χ2v) is 2.22. The summed E-state index contributed by atoms with van der Waals surface area (Å²) in [6, 6.07) is 1.21. The molecule has 1 aromatic rings. The number of nitrogens with zero attached hydrogens (tertiary/aromatic N) is 1. The average molecular weight is 171 g/mol. The van der Waals surface area contributed by atoms with E-state index in [1.165, 1.54) is 12.3 Å². The van der Waals surface area contributed by atoms with E-state index < -0.39 is 5.82 Å². The summed E-state index contributed by atoms with van der Waals surface area (Å²) < 4.78 is 17.8. The van der Waals surface area contributed by atoms with Crippen LogP contribution in [0.25, 0.3) is 0 Å². The molecule has 0 atom stereocenters. The first-order valence-corrected chi connectivity index (χ1v) is 3.66. The van der Waals surface area contributed by atoms with Gasteiger partial charge in [0.2, 0.25) is 5.88 Å². The minimum Gasteiger partial charge on any atom is -0.476 e. The number of ether oxygens (including phenoxy) is 1. The molecule has 0 aliphatic carbocycles. The fourth-order valence-corrected chi connectivity index (χ4v) is 0.794. The molecule has 0 saturated carbocycles. The highest BCUT2D eigenvalue weighted by atomic mass is 19.1. The van der Waals surface area contributed by atoms with Crippen molar-refractivity contribution in [1.82, 2.24) is 4.98 Å². The molecule has 1 aromatic heterocycles. The lowest BCUT2D eigenvalue weighted by Gasteiger charge is -2.03. The first-order chi connectivity index (χ1) is 5.77. The molecule has 0 amide bonds. The van der Waals surface area contributed by atoms with Crippen molar-refractivity contribution in [3.05, 3.63) is 23.6 Å². The largest absolute Gasteiger partial charge is 0.476 e. The number of hydrogen-bond acceptors (Lipinski definition) is 3. The minimum atomic E-state index is -0.539. The molecule has 4 heteroatoms. The molecule has 1 rings (SSSR count). The predicted molar refractivity (Wildman–Crippen MR) is 41.3 cm³/mol. The highest BCUT2D eigenvalue weighted by Crippen LogP contribution is 2.13. The van der Waals surface area contributed by atoms with E-state index in [1.54, 1.807) is 6.92 Å². The molecule has 0 fully saturated rings. The van der Waals surface area contributed by atoms with Gasteiger partial charge in [0.15, 0.2) is 5.82 Å². The van der Waals surface area contributed by atoms with E-state index in [0.717, 1.165) is 0 Å². The van der Waals surface area contributed by atoms with Gasteiger partial charge >= 0.3 is 0 Å². The highest BCUT2D eigenvalue weighted by molar-refractivity contribution is 5.19. The maximum atomic E-state index is 12.9. The van der Waals surface area contributed by atoms with E-state index in [2.05, 4.69) is 4.98 Å². The van der Waals surface area contributed by atoms with Gasteiger partial charge in [-0.2, -0.15) is 0 Å². The Morgan fingerprint density at radius 2 is 2.42 bits per heavy atom. The number of aromatic nitrogens is 1. The Labute approximate surface area is 69.8 Å². The average Bonchev–Trinajstić information content (AvgIpc) is 2.09. The maximum Gasteiger partial charge on any atom is 0.250 e. The van der Waals surface area contributed by atoms with Gasteiger partial charge in [0, 0.05) is 6.20 Å². The summed E-state index contributed by atoms with van der Waals surface area (Å²) >= 11 is 0.